The highest BCUT2D eigenvalue weighted by atomic mass is 16.5. The van der Waals surface area contributed by atoms with Crippen LogP contribution in [0.25, 0.3) is 5.65 Å². The molecule has 0 aromatic carbocycles. The number of carbonyl (C=O) groups is 1. The second-order valence-electron chi connectivity index (χ2n) is 7.57. The SMILES string of the molecule is CC(C)c1nc(CCN(C)C(=O)c2ccc3nnc(C(O)C(C)C)n3c2)no1. The number of likely N-dealkylation sites (N-methyl/N-ethyl adjacent to an activating group) is 1. The molecule has 0 saturated heterocycles. The van der Waals surface area contributed by atoms with Gasteiger partial charge in [0.25, 0.3) is 5.91 Å². The van der Waals surface area contributed by atoms with Crippen LogP contribution in [0, 0.1) is 5.92 Å². The van der Waals surface area contributed by atoms with Gasteiger partial charge in [-0.3, -0.25) is 9.20 Å². The first-order chi connectivity index (χ1) is 13.3. The Morgan fingerprint density at radius 3 is 2.64 bits per heavy atom. The molecule has 3 aromatic rings. The van der Waals surface area contributed by atoms with E-state index in [-0.39, 0.29) is 17.7 Å². The molecule has 28 heavy (non-hydrogen) atoms. The molecular formula is C19H26N6O3. The highest BCUT2D eigenvalue weighted by Crippen LogP contribution is 2.21. The van der Waals surface area contributed by atoms with E-state index in [4.69, 9.17) is 4.52 Å². The largest absolute Gasteiger partial charge is 0.385 e. The Kier molecular flexibility index (Phi) is 5.73. The summed E-state index contributed by atoms with van der Waals surface area (Å²) < 4.78 is 6.86. The standard InChI is InChI=1S/C19H26N6O3/c1-11(2)16(26)17-22-21-15-7-6-13(10-25(15)17)19(27)24(5)9-8-14-20-18(12(3)4)28-23-14/h6-7,10-12,16,26H,8-9H2,1-5H3. The molecule has 0 aliphatic rings. The van der Waals surface area contributed by atoms with Gasteiger partial charge in [-0.2, -0.15) is 4.98 Å². The molecule has 0 bridgehead atoms. The van der Waals surface area contributed by atoms with Gasteiger partial charge >= 0.3 is 0 Å². The number of pyridine rings is 1. The molecule has 0 aliphatic heterocycles. The van der Waals surface area contributed by atoms with E-state index < -0.39 is 6.10 Å². The molecular weight excluding hydrogens is 360 g/mol. The van der Waals surface area contributed by atoms with Crippen LogP contribution in [0.1, 0.15) is 67.6 Å². The summed E-state index contributed by atoms with van der Waals surface area (Å²) in [6.07, 6.45) is 1.41. The lowest BCUT2D eigenvalue weighted by Gasteiger charge is -2.17. The van der Waals surface area contributed by atoms with Gasteiger partial charge in [0.2, 0.25) is 5.89 Å². The van der Waals surface area contributed by atoms with Crippen molar-refractivity contribution in [1.82, 2.24) is 29.6 Å². The predicted molar refractivity (Wildman–Crippen MR) is 102 cm³/mol. The van der Waals surface area contributed by atoms with Crippen LogP contribution in [0.3, 0.4) is 0 Å². The van der Waals surface area contributed by atoms with Gasteiger partial charge in [-0.05, 0) is 18.1 Å². The average Bonchev–Trinajstić information content (AvgIpc) is 3.31. The Hall–Kier alpha value is -2.81. The van der Waals surface area contributed by atoms with Gasteiger partial charge in [0.1, 0.15) is 6.10 Å². The van der Waals surface area contributed by atoms with Crippen molar-refractivity contribution in [2.45, 2.75) is 46.1 Å². The topological polar surface area (TPSA) is 110 Å². The fourth-order valence-corrected chi connectivity index (χ4v) is 2.73. The summed E-state index contributed by atoms with van der Waals surface area (Å²) in [7, 11) is 1.73. The number of carbonyl (C=O) groups excluding carboxylic acids is 1. The first-order valence-corrected chi connectivity index (χ1v) is 9.38. The average molecular weight is 386 g/mol. The molecule has 1 unspecified atom stereocenters. The van der Waals surface area contributed by atoms with E-state index in [0.29, 0.717) is 41.7 Å². The number of nitrogens with zero attached hydrogens (tertiary/aromatic N) is 6. The minimum atomic E-state index is -0.758. The number of fused-ring (bicyclic) bond motifs is 1. The molecule has 3 heterocycles. The van der Waals surface area contributed by atoms with Gasteiger partial charge < -0.3 is 14.5 Å². The van der Waals surface area contributed by atoms with E-state index in [0.717, 1.165) is 0 Å². The Balaban J connectivity index is 1.73. The maximum atomic E-state index is 12.8. The Labute approximate surface area is 163 Å². The highest BCUT2D eigenvalue weighted by Gasteiger charge is 2.20. The highest BCUT2D eigenvalue weighted by molar-refractivity contribution is 5.94. The van der Waals surface area contributed by atoms with Crippen molar-refractivity contribution < 1.29 is 14.4 Å². The molecule has 0 fully saturated rings. The van der Waals surface area contributed by atoms with Gasteiger partial charge in [-0.25, -0.2) is 0 Å². The van der Waals surface area contributed by atoms with Crippen molar-refractivity contribution in [2.24, 2.45) is 5.92 Å². The third-order valence-corrected chi connectivity index (χ3v) is 4.57. The van der Waals surface area contributed by atoms with Crippen LogP contribution >= 0.6 is 0 Å². The zero-order valence-corrected chi connectivity index (χ0v) is 16.8. The number of hydrogen-bond acceptors (Lipinski definition) is 7. The molecule has 150 valence electrons. The first-order valence-electron chi connectivity index (χ1n) is 9.38. The second-order valence-corrected chi connectivity index (χ2v) is 7.57. The number of hydrogen-bond donors (Lipinski definition) is 1. The maximum Gasteiger partial charge on any atom is 0.255 e. The number of aromatic nitrogens is 5. The molecule has 0 saturated carbocycles. The van der Waals surface area contributed by atoms with E-state index in [1.807, 2.05) is 27.7 Å². The zero-order valence-electron chi connectivity index (χ0n) is 16.8. The van der Waals surface area contributed by atoms with Gasteiger partial charge in [-0.1, -0.05) is 32.9 Å². The normalized spacial score (nSPS) is 12.9. The molecule has 0 radical (unpaired) electrons. The minimum absolute atomic E-state index is 0.0138. The summed E-state index contributed by atoms with van der Waals surface area (Å²) in [4.78, 5) is 18.7. The van der Waals surface area contributed by atoms with E-state index in [1.165, 1.54) is 0 Å². The summed E-state index contributed by atoms with van der Waals surface area (Å²) in [5.74, 6) is 1.62. The second kappa shape index (κ2) is 8.05. The van der Waals surface area contributed by atoms with Crippen LogP contribution in [-0.4, -0.2) is 54.2 Å². The monoisotopic (exact) mass is 386 g/mol. The Morgan fingerprint density at radius 1 is 1.25 bits per heavy atom. The van der Waals surface area contributed by atoms with Gasteiger partial charge in [-0.15, -0.1) is 10.2 Å². The first kappa shape index (κ1) is 19.9. The molecule has 1 atom stereocenters. The molecule has 1 N–H and O–H groups in total. The van der Waals surface area contributed by atoms with Crippen LogP contribution < -0.4 is 0 Å². The van der Waals surface area contributed by atoms with Crippen molar-refractivity contribution in [2.75, 3.05) is 13.6 Å². The summed E-state index contributed by atoms with van der Waals surface area (Å²) in [5, 5.41) is 22.4. The number of rotatable bonds is 7. The van der Waals surface area contributed by atoms with Crippen LogP contribution in [0.15, 0.2) is 22.9 Å². The van der Waals surface area contributed by atoms with Crippen molar-refractivity contribution in [3.05, 3.63) is 41.4 Å². The quantitative estimate of drug-likeness (QED) is 0.663. The summed E-state index contributed by atoms with van der Waals surface area (Å²) in [5.41, 5.74) is 1.07. The lowest BCUT2D eigenvalue weighted by Crippen LogP contribution is -2.29. The molecule has 9 heteroatoms. The molecule has 0 aliphatic carbocycles. The van der Waals surface area contributed by atoms with Gasteiger partial charge in [0.15, 0.2) is 17.3 Å². The lowest BCUT2D eigenvalue weighted by molar-refractivity contribution is 0.0794. The summed E-state index contributed by atoms with van der Waals surface area (Å²) >= 11 is 0. The lowest BCUT2D eigenvalue weighted by atomic mass is 10.1. The molecule has 3 aromatic heterocycles. The zero-order chi connectivity index (χ0) is 20.4. The Bertz CT molecular complexity index is 962. The van der Waals surface area contributed by atoms with Crippen LogP contribution in [0.5, 0.6) is 0 Å². The van der Waals surface area contributed by atoms with Crippen LogP contribution in [0.2, 0.25) is 0 Å². The number of aliphatic hydroxyl groups is 1. The van der Waals surface area contributed by atoms with Gasteiger partial charge in [0, 0.05) is 32.1 Å². The van der Waals surface area contributed by atoms with Gasteiger partial charge in [0.05, 0.1) is 5.56 Å². The molecule has 3 rings (SSSR count). The fourth-order valence-electron chi connectivity index (χ4n) is 2.73. The third-order valence-electron chi connectivity index (χ3n) is 4.57. The van der Waals surface area contributed by atoms with E-state index in [9.17, 15) is 9.90 Å². The number of aliphatic hydroxyl groups excluding tert-OH is 1. The van der Waals surface area contributed by atoms with Crippen LogP contribution in [0.4, 0.5) is 0 Å². The molecule has 1 amide bonds. The van der Waals surface area contributed by atoms with Crippen molar-refractivity contribution in [3.63, 3.8) is 0 Å². The van der Waals surface area contributed by atoms with E-state index in [1.54, 1.807) is 34.7 Å². The smallest absolute Gasteiger partial charge is 0.255 e. The summed E-state index contributed by atoms with van der Waals surface area (Å²) in [6, 6.07) is 3.43. The van der Waals surface area contributed by atoms with E-state index in [2.05, 4.69) is 20.3 Å². The predicted octanol–water partition coefficient (Wildman–Crippen LogP) is 2.24. The molecule has 9 nitrogen and oxygen atoms in total. The summed E-state index contributed by atoms with van der Waals surface area (Å²) in [6.45, 7) is 8.23. The van der Waals surface area contributed by atoms with Crippen molar-refractivity contribution in [3.8, 4) is 0 Å². The van der Waals surface area contributed by atoms with Crippen LogP contribution in [-0.2, 0) is 6.42 Å². The minimum Gasteiger partial charge on any atom is -0.385 e. The van der Waals surface area contributed by atoms with Crippen molar-refractivity contribution >= 4 is 11.6 Å². The van der Waals surface area contributed by atoms with E-state index >= 15 is 0 Å². The fraction of sp³-hybridized carbons (Fsp3) is 0.526. The molecule has 0 spiro atoms. The third kappa shape index (κ3) is 4.04. The maximum absolute atomic E-state index is 12.8. The van der Waals surface area contributed by atoms with Crippen molar-refractivity contribution in [1.29, 1.82) is 0 Å². The number of amides is 1. The Morgan fingerprint density at radius 2 is 2.00 bits per heavy atom.